The van der Waals surface area contributed by atoms with Crippen LogP contribution in [0.5, 0.6) is 0 Å². The number of carbonyl (C=O) groups is 1. The Bertz CT molecular complexity index is 204. The molecule has 0 aromatic carbocycles. The van der Waals surface area contributed by atoms with Gasteiger partial charge in [0.25, 0.3) is 0 Å². The van der Waals surface area contributed by atoms with Crippen LogP contribution in [0.15, 0.2) is 21.4 Å². The van der Waals surface area contributed by atoms with Crippen molar-refractivity contribution in [1.82, 2.24) is 4.41 Å². The first kappa shape index (κ1) is 7.84. The number of hydrogen-bond donors (Lipinski definition) is 2. The second-order valence-electron chi connectivity index (χ2n) is 1.66. The molecule has 2 N–H and O–H groups in total. The van der Waals surface area contributed by atoms with Crippen molar-refractivity contribution in [3.05, 3.63) is 21.4 Å². The molecule has 0 aromatic heterocycles. The first-order valence-corrected chi connectivity index (χ1v) is 4.73. The SMILES string of the molecule is NN(C=O)[SH]1C=CC=C1Br. The highest BCUT2D eigenvalue weighted by atomic mass is 79.9. The highest BCUT2D eigenvalue weighted by Gasteiger charge is 2.11. The molecular weight excluding hydrogens is 216 g/mol. The van der Waals surface area contributed by atoms with Crippen LogP contribution in [0.3, 0.4) is 0 Å². The number of carbonyl (C=O) groups excluding carboxylic acids is 1. The van der Waals surface area contributed by atoms with Crippen molar-refractivity contribution in [2.45, 2.75) is 0 Å². The van der Waals surface area contributed by atoms with E-state index in [1.807, 2.05) is 17.6 Å². The molecule has 0 saturated carbocycles. The predicted octanol–water partition coefficient (Wildman–Crippen LogP) is 0.998. The van der Waals surface area contributed by atoms with E-state index in [1.165, 1.54) is 4.41 Å². The summed E-state index contributed by atoms with van der Waals surface area (Å²) in [4.78, 5) is 10.2. The summed E-state index contributed by atoms with van der Waals surface area (Å²) >= 11 is 2.57. The zero-order valence-electron chi connectivity index (χ0n) is 5.07. The van der Waals surface area contributed by atoms with Crippen molar-refractivity contribution in [2.24, 2.45) is 5.84 Å². The van der Waals surface area contributed by atoms with Gasteiger partial charge in [-0.05, 0) is 27.4 Å². The number of halogens is 1. The van der Waals surface area contributed by atoms with Gasteiger partial charge in [-0.2, -0.15) is 0 Å². The second kappa shape index (κ2) is 3.23. The van der Waals surface area contributed by atoms with Crippen molar-refractivity contribution in [3.8, 4) is 0 Å². The van der Waals surface area contributed by atoms with Gasteiger partial charge in [-0.25, -0.2) is 10.3 Å². The summed E-state index contributed by atoms with van der Waals surface area (Å²) in [5, 5.41) is 1.90. The number of hydrazine groups is 1. The monoisotopic (exact) mass is 222 g/mol. The number of allylic oxidation sites excluding steroid dienone is 2. The number of amides is 1. The normalized spacial score (nSPS) is 26.2. The lowest BCUT2D eigenvalue weighted by molar-refractivity contribution is -0.113. The average Bonchev–Trinajstić information content (AvgIpc) is 2.34. The largest absolute Gasteiger partial charge is 0.276 e. The van der Waals surface area contributed by atoms with Crippen LogP contribution in [-0.2, 0) is 4.79 Å². The van der Waals surface area contributed by atoms with Crippen molar-refractivity contribution >= 4 is 33.4 Å². The smallest absolute Gasteiger partial charge is 0.232 e. The van der Waals surface area contributed by atoms with Crippen molar-refractivity contribution in [1.29, 1.82) is 0 Å². The van der Waals surface area contributed by atoms with Crippen LogP contribution in [0.25, 0.3) is 0 Å². The molecule has 0 saturated heterocycles. The topological polar surface area (TPSA) is 46.3 Å². The first-order chi connectivity index (χ1) is 4.75. The van der Waals surface area contributed by atoms with Crippen LogP contribution in [0, 0.1) is 0 Å². The zero-order valence-corrected chi connectivity index (χ0v) is 7.55. The van der Waals surface area contributed by atoms with Crippen molar-refractivity contribution < 1.29 is 4.79 Å². The molecule has 0 radical (unpaired) electrons. The van der Waals surface area contributed by atoms with Gasteiger partial charge in [0.2, 0.25) is 6.41 Å². The maximum absolute atomic E-state index is 10.2. The van der Waals surface area contributed by atoms with E-state index in [-0.39, 0.29) is 0 Å². The number of thiol groups is 1. The predicted molar refractivity (Wildman–Crippen MR) is 47.2 cm³/mol. The standard InChI is InChI=1S/C5H7BrN2OS/c6-5-2-1-3-10(5)8(7)4-9/h1-4,10H,7H2. The van der Waals surface area contributed by atoms with E-state index in [9.17, 15) is 4.79 Å². The third-order valence-electron chi connectivity index (χ3n) is 1.04. The number of nitrogens with two attached hydrogens (primary N) is 1. The molecule has 1 atom stereocenters. The van der Waals surface area contributed by atoms with Crippen LogP contribution >= 0.6 is 27.0 Å². The summed E-state index contributed by atoms with van der Waals surface area (Å²) in [6.07, 6.45) is 4.38. The fraction of sp³-hybridized carbons (Fsp3) is 0. The first-order valence-electron chi connectivity index (χ1n) is 2.58. The molecule has 0 spiro atoms. The molecule has 56 valence electrons. The Kier molecular flexibility index (Phi) is 2.53. The molecule has 0 aromatic rings. The summed E-state index contributed by atoms with van der Waals surface area (Å²) < 4.78 is 2.14. The minimum Gasteiger partial charge on any atom is -0.276 e. The van der Waals surface area contributed by atoms with Gasteiger partial charge in [-0.15, -0.1) is 11.1 Å². The number of rotatable bonds is 2. The Labute approximate surface area is 70.1 Å². The summed E-state index contributed by atoms with van der Waals surface area (Å²) in [7, 11) is 0. The van der Waals surface area contributed by atoms with Crippen LogP contribution in [0.4, 0.5) is 0 Å². The highest BCUT2D eigenvalue weighted by molar-refractivity contribution is 9.14. The quantitative estimate of drug-likeness (QED) is 0.241. The molecule has 1 aliphatic rings. The second-order valence-corrected chi connectivity index (χ2v) is 5.06. The van der Waals surface area contributed by atoms with Gasteiger partial charge in [-0.3, -0.25) is 4.79 Å². The van der Waals surface area contributed by atoms with Gasteiger partial charge < -0.3 is 0 Å². The molecule has 1 unspecified atom stereocenters. The summed E-state index contributed by atoms with van der Waals surface area (Å²) in [6, 6.07) is 0. The molecule has 0 fully saturated rings. The Balaban J connectivity index is 2.65. The van der Waals surface area contributed by atoms with Crippen LogP contribution < -0.4 is 5.84 Å². The Morgan fingerprint density at radius 3 is 2.90 bits per heavy atom. The third-order valence-corrected chi connectivity index (χ3v) is 4.02. The van der Waals surface area contributed by atoms with Gasteiger partial charge >= 0.3 is 0 Å². The highest BCUT2D eigenvalue weighted by Crippen LogP contribution is 2.44. The lowest BCUT2D eigenvalue weighted by Gasteiger charge is -2.21. The molecule has 1 amide bonds. The van der Waals surface area contributed by atoms with Crippen LogP contribution in [-0.4, -0.2) is 10.8 Å². The van der Waals surface area contributed by atoms with Gasteiger partial charge in [0, 0.05) is 0 Å². The summed E-state index contributed by atoms with van der Waals surface area (Å²) in [5.41, 5.74) is 0. The lowest BCUT2D eigenvalue weighted by atomic mass is 10.6. The lowest BCUT2D eigenvalue weighted by Crippen LogP contribution is -2.24. The number of nitrogens with zero attached hydrogens (tertiary/aromatic N) is 1. The summed E-state index contributed by atoms with van der Waals surface area (Å²) in [6.45, 7) is 0. The molecule has 1 heterocycles. The van der Waals surface area contributed by atoms with E-state index in [1.54, 1.807) is 0 Å². The molecule has 5 heteroatoms. The van der Waals surface area contributed by atoms with E-state index in [4.69, 9.17) is 5.84 Å². The maximum atomic E-state index is 10.2. The fourth-order valence-electron chi connectivity index (χ4n) is 0.590. The van der Waals surface area contributed by atoms with E-state index in [0.717, 1.165) is 3.81 Å². The van der Waals surface area contributed by atoms with E-state index < -0.39 is 11.1 Å². The van der Waals surface area contributed by atoms with Crippen LogP contribution in [0.1, 0.15) is 0 Å². The molecule has 10 heavy (non-hydrogen) atoms. The maximum Gasteiger partial charge on any atom is 0.232 e. The molecule has 0 aliphatic carbocycles. The average molecular weight is 223 g/mol. The molecule has 3 nitrogen and oxygen atoms in total. The van der Waals surface area contributed by atoms with Gasteiger partial charge in [-0.1, -0.05) is 6.08 Å². The third kappa shape index (κ3) is 1.42. The van der Waals surface area contributed by atoms with Gasteiger partial charge in [0.15, 0.2) is 0 Å². The van der Waals surface area contributed by atoms with E-state index in [2.05, 4.69) is 15.9 Å². The van der Waals surface area contributed by atoms with E-state index >= 15 is 0 Å². The minimum absolute atomic E-state index is 0.621. The fourth-order valence-corrected chi connectivity index (χ4v) is 2.75. The van der Waals surface area contributed by atoms with Gasteiger partial charge in [0.05, 0.1) is 3.81 Å². The Morgan fingerprint density at radius 2 is 2.50 bits per heavy atom. The number of hydrogen-bond acceptors (Lipinski definition) is 2. The molecule has 1 aliphatic heterocycles. The molecule has 0 bridgehead atoms. The molecular formula is C5H7BrN2OS. The van der Waals surface area contributed by atoms with E-state index in [0.29, 0.717) is 6.41 Å². The zero-order chi connectivity index (χ0) is 7.56. The minimum atomic E-state index is -0.727. The Hall–Kier alpha value is -0.260. The Morgan fingerprint density at radius 1 is 1.80 bits per heavy atom. The summed E-state index contributed by atoms with van der Waals surface area (Å²) in [5.74, 6) is 5.34. The molecule has 1 rings (SSSR count). The van der Waals surface area contributed by atoms with Gasteiger partial charge in [0.1, 0.15) is 0 Å². The van der Waals surface area contributed by atoms with Crippen LogP contribution in [0.2, 0.25) is 0 Å². The van der Waals surface area contributed by atoms with Crippen molar-refractivity contribution in [3.63, 3.8) is 0 Å². The van der Waals surface area contributed by atoms with Crippen molar-refractivity contribution in [2.75, 3.05) is 0 Å².